The third kappa shape index (κ3) is 2.62. The number of rotatable bonds is 2. The first kappa shape index (κ1) is 26.1. The van der Waals surface area contributed by atoms with E-state index in [9.17, 15) is 70.2 Å². The van der Waals surface area contributed by atoms with E-state index in [0.717, 1.165) is 0 Å². The Balaban J connectivity index is 2.70. The van der Waals surface area contributed by atoms with Gasteiger partial charge in [0.05, 0.1) is 12.8 Å². The van der Waals surface area contributed by atoms with Gasteiger partial charge in [-0.25, -0.2) is 35.1 Å². The molecule has 0 spiro atoms. The molecule has 4 atom stereocenters. The van der Waals surface area contributed by atoms with Gasteiger partial charge >= 0.3 is 35.5 Å². The predicted molar refractivity (Wildman–Crippen MR) is 67.3 cm³/mol. The van der Waals surface area contributed by atoms with Crippen LogP contribution in [-0.4, -0.2) is 58.5 Å². The highest BCUT2D eigenvalue weighted by atomic mass is 19.3. The Morgan fingerprint density at radius 1 is 0.419 bits per heavy atom. The average molecular weight is 498 g/mol. The summed E-state index contributed by atoms with van der Waals surface area (Å²) in [6.07, 6.45) is -11.1. The third-order valence-electron chi connectivity index (χ3n) is 5.46. The quantitative estimate of drug-likeness (QED) is 0.430. The van der Waals surface area contributed by atoms with Crippen LogP contribution in [0.25, 0.3) is 0 Å². The molecule has 2 rings (SSSR count). The van der Waals surface area contributed by atoms with Gasteiger partial charge in [-0.2, -0.15) is 35.1 Å². The summed E-state index contributed by atoms with van der Waals surface area (Å²) in [6, 6.07) is 0. The number of nitrogens with two attached hydrogens (primary N) is 2. The summed E-state index contributed by atoms with van der Waals surface area (Å²) in [6.45, 7) is 0. The second-order valence-electron chi connectivity index (χ2n) is 7.59. The minimum atomic E-state index is -6.99. The number of alkyl halides is 16. The summed E-state index contributed by atoms with van der Waals surface area (Å²) >= 11 is 0. The lowest BCUT2D eigenvalue weighted by Gasteiger charge is -2.55. The van der Waals surface area contributed by atoms with Gasteiger partial charge in [0.1, 0.15) is 0 Å². The highest BCUT2D eigenvalue weighted by Crippen LogP contribution is 2.68. The van der Waals surface area contributed by atoms with Crippen LogP contribution in [0, 0.1) is 0 Å². The van der Waals surface area contributed by atoms with E-state index in [2.05, 4.69) is 11.5 Å². The van der Waals surface area contributed by atoms with Gasteiger partial charge in [-0.1, -0.05) is 0 Å². The van der Waals surface area contributed by atoms with Gasteiger partial charge in [0.15, 0.2) is 11.3 Å². The van der Waals surface area contributed by atoms with Gasteiger partial charge in [0.25, 0.3) is 11.6 Å². The van der Waals surface area contributed by atoms with E-state index in [1.54, 1.807) is 0 Å². The molecule has 18 heteroatoms. The molecule has 0 aromatic heterocycles. The Bertz CT molecular complexity index is 699. The van der Waals surface area contributed by atoms with Gasteiger partial charge in [0, 0.05) is 6.42 Å². The van der Waals surface area contributed by atoms with E-state index in [0.29, 0.717) is 0 Å². The molecule has 0 amide bonds. The normalized spacial score (nSPS) is 47.0. The molecule has 0 heterocycles. The number of hydrogen-bond donors (Lipinski definition) is 2. The zero-order chi connectivity index (χ0) is 25.1. The lowest BCUT2D eigenvalue weighted by atomic mass is 9.64. The molecule has 4 unspecified atom stereocenters. The second kappa shape index (κ2) is 5.83. The summed E-state index contributed by atoms with van der Waals surface area (Å²) in [5.74, 6) is -52.1. The molecule has 0 bridgehead atoms. The number of hydrogen-bond acceptors (Lipinski definition) is 2. The molecule has 0 saturated heterocycles. The Hall–Kier alpha value is -1.20. The fourth-order valence-electron chi connectivity index (χ4n) is 3.45. The van der Waals surface area contributed by atoms with Crippen molar-refractivity contribution in [2.45, 2.75) is 77.7 Å². The molecule has 4 N–H and O–H groups in total. The van der Waals surface area contributed by atoms with Gasteiger partial charge in [-0.15, -0.1) is 0 Å². The second-order valence-corrected chi connectivity index (χ2v) is 7.59. The van der Waals surface area contributed by atoms with Crippen LogP contribution in [-0.2, 0) is 0 Å². The van der Waals surface area contributed by atoms with Crippen molar-refractivity contribution in [3.8, 4) is 0 Å². The van der Waals surface area contributed by atoms with Crippen molar-refractivity contribution in [3.63, 3.8) is 0 Å². The molecule has 2 nitrogen and oxygen atoms in total. The largest absolute Gasteiger partial charge is 0.365 e. The van der Waals surface area contributed by atoms with Crippen LogP contribution in [0.2, 0.25) is 0 Å². The molecule has 184 valence electrons. The maximum Gasteiger partial charge on any atom is 0.365 e. The topological polar surface area (TPSA) is 52.0 Å². The van der Waals surface area contributed by atoms with Crippen molar-refractivity contribution < 1.29 is 70.2 Å². The monoisotopic (exact) mass is 498 g/mol. The smallest absolute Gasteiger partial charge is 0.289 e. The van der Waals surface area contributed by atoms with Crippen LogP contribution in [0.15, 0.2) is 0 Å². The lowest BCUT2D eigenvalue weighted by Crippen LogP contribution is -2.82. The van der Waals surface area contributed by atoms with Gasteiger partial charge in [-0.05, 0) is 0 Å². The molecule has 0 aliphatic heterocycles. The van der Waals surface area contributed by atoms with Crippen molar-refractivity contribution >= 4 is 0 Å². The minimum Gasteiger partial charge on any atom is -0.289 e. The standard InChI is InChI=1S/C13H10F16N2/c14-4(2-6(16,17)12(28,30)10(24,25)8(4,20)21)1-5(15)3-7(18,19)13(29,31)11(26,27)9(5,22)23/h1-3,30-31H2. The summed E-state index contributed by atoms with van der Waals surface area (Å²) in [7, 11) is 0. The molecular formula is C13H10F16N2. The molecular weight excluding hydrogens is 488 g/mol. The molecule has 2 fully saturated rings. The van der Waals surface area contributed by atoms with Crippen LogP contribution in [0.1, 0.15) is 19.3 Å². The minimum absolute atomic E-state index is 3.61. The van der Waals surface area contributed by atoms with Gasteiger partial charge in [-0.3, -0.25) is 11.5 Å². The van der Waals surface area contributed by atoms with E-state index in [1.807, 2.05) is 0 Å². The van der Waals surface area contributed by atoms with E-state index in [-0.39, 0.29) is 0 Å². The Labute approximate surface area is 160 Å². The van der Waals surface area contributed by atoms with Crippen molar-refractivity contribution in [3.05, 3.63) is 0 Å². The van der Waals surface area contributed by atoms with Crippen LogP contribution in [0.4, 0.5) is 70.2 Å². The molecule has 31 heavy (non-hydrogen) atoms. The molecule has 0 aromatic carbocycles. The van der Waals surface area contributed by atoms with Crippen LogP contribution < -0.4 is 11.5 Å². The van der Waals surface area contributed by atoms with E-state index < -0.39 is 77.7 Å². The highest BCUT2D eigenvalue weighted by molar-refractivity contribution is 5.26. The zero-order valence-corrected chi connectivity index (χ0v) is 14.3. The fraction of sp³-hybridized carbons (Fsp3) is 1.00. The number of halogens is 16. The first-order valence-electron chi connectivity index (χ1n) is 7.72. The van der Waals surface area contributed by atoms with Crippen LogP contribution in [0.5, 0.6) is 0 Å². The van der Waals surface area contributed by atoms with Crippen molar-refractivity contribution in [2.24, 2.45) is 11.5 Å². The Morgan fingerprint density at radius 2 is 0.645 bits per heavy atom. The van der Waals surface area contributed by atoms with E-state index in [4.69, 9.17) is 0 Å². The summed E-state index contributed by atoms with van der Waals surface area (Å²) in [4.78, 5) is 0. The van der Waals surface area contributed by atoms with E-state index in [1.165, 1.54) is 0 Å². The summed E-state index contributed by atoms with van der Waals surface area (Å²) in [5.41, 5.74) is -4.48. The summed E-state index contributed by atoms with van der Waals surface area (Å²) in [5, 5.41) is 0. The molecule has 0 aromatic rings. The van der Waals surface area contributed by atoms with Crippen molar-refractivity contribution in [1.82, 2.24) is 0 Å². The molecule has 2 saturated carbocycles. The molecule has 2 aliphatic rings. The van der Waals surface area contributed by atoms with E-state index >= 15 is 0 Å². The van der Waals surface area contributed by atoms with Crippen LogP contribution >= 0.6 is 0 Å². The first-order chi connectivity index (χ1) is 13.1. The molecule has 2 aliphatic carbocycles. The Morgan fingerprint density at radius 3 is 0.871 bits per heavy atom. The Kier molecular flexibility index (Phi) is 4.90. The fourth-order valence-corrected chi connectivity index (χ4v) is 3.45. The third-order valence-corrected chi connectivity index (χ3v) is 5.46. The van der Waals surface area contributed by atoms with Gasteiger partial charge < -0.3 is 0 Å². The SMILES string of the molecule is NC1(F)C(F)(F)CC(F)(CC2(F)CC(F)(F)C(N)(F)C(F)(F)C2(F)F)C(F)(F)C1(F)F. The van der Waals surface area contributed by atoms with Crippen LogP contribution in [0.3, 0.4) is 0 Å². The maximum atomic E-state index is 14.6. The highest BCUT2D eigenvalue weighted by Gasteiger charge is 2.93. The van der Waals surface area contributed by atoms with Crippen molar-refractivity contribution in [1.29, 1.82) is 0 Å². The first-order valence-corrected chi connectivity index (χ1v) is 7.72. The van der Waals surface area contributed by atoms with Gasteiger partial charge in [0.2, 0.25) is 0 Å². The lowest BCUT2D eigenvalue weighted by molar-refractivity contribution is -0.417. The zero-order valence-electron chi connectivity index (χ0n) is 14.3. The van der Waals surface area contributed by atoms with Crippen molar-refractivity contribution in [2.75, 3.05) is 0 Å². The predicted octanol–water partition coefficient (Wildman–Crippen LogP) is 4.66. The molecule has 0 radical (unpaired) electrons. The average Bonchev–Trinajstić information content (AvgIpc) is 2.50. The summed E-state index contributed by atoms with van der Waals surface area (Å²) < 4.78 is 221. The maximum absolute atomic E-state index is 14.6.